The maximum atomic E-state index is 13.4. The lowest BCUT2D eigenvalue weighted by Crippen LogP contribution is -2.39. The summed E-state index contributed by atoms with van der Waals surface area (Å²) in [7, 11) is 0. The molecule has 6 rings (SSSR count). The molecule has 4 aromatic rings. The van der Waals surface area contributed by atoms with Crippen molar-refractivity contribution in [3.05, 3.63) is 70.4 Å². The van der Waals surface area contributed by atoms with Crippen molar-refractivity contribution in [3.8, 4) is 11.3 Å². The number of thiophene rings is 1. The van der Waals surface area contributed by atoms with Crippen molar-refractivity contribution >= 4 is 33.8 Å². The average Bonchev–Trinajstić information content (AvgIpc) is 3.71. The number of aromatic nitrogens is 2. The topological polar surface area (TPSA) is 93.3 Å². The second kappa shape index (κ2) is 10.7. The van der Waals surface area contributed by atoms with Gasteiger partial charge in [-0.25, -0.2) is 0 Å². The quantitative estimate of drug-likeness (QED) is 0.260. The molecule has 2 aromatic heterocycles. The highest BCUT2D eigenvalue weighted by molar-refractivity contribution is 7.08. The molecule has 37 heavy (non-hydrogen) atoms. The van der Waals surface area contributed by atoms with Crippen molar-refractivity contribution in [1.29, 1.82) is 0 Å². The van der Waals surface area contributed by atoms with E-state index in [2.05, 4.69) is 66.8 Å². The number of amides is 1. The third kappa shape index (κ3) is 5.28. The molecule has 1 saturated carbocycles. The van der Waals surface area contributed by atoms with Crippen LogP contribution in [-0.2, 0) is 0 Å². The number of rotatable bonds is 7. The van der Waals surface area contributed by atoms with Crippen LogP contribution in [0.5, 0.6) is 0 Å². The van der Waals surface area contributed by atoms with Gasteiger partial charge in [-0.2, -0.15) is 16.4 Å². The van der Waals surface area contributed by atoms with E-state index in [1.54, 1.807) is 11.3 Å². The van der Waals surface area contributed by atoms with Crippen LogP contribution in [0.1, 0.15) is 60.6 Å². The van der Waals surface area contributed by atoms with Gasteiger partial charge in [-0.05, 0) is 91.2 Å². The number of aliphatic hydroxyl groups excluding tert-OH is 1. The summed E-state index contributed by atoms with van der Waals surface area (Å²) in [6.45, 7) is 2.00. The predicted octanol–water partition coefficient (Wildman–Crippen LogP) is 5.53. The van der Waals surface area contributed by atoms with E-state index in [9.17, 15) is 9.90 Å². The molecular formula is C29H33N5O2S. The van der Waals surface area contributed by atoms with E-state index in [1.165, 1.54) is 12.8 Å². The summed E-state index contributed by atoms with van der Waals surface area (Å²) in [6, 6.07) is 16.5. The minimum Gasteiger partial charge on any atom is -0.393 e. The Labute approximate surface area is 220 Å². The lowest BCUT2D eigenvalue weighted by molar-refractivity contribution is 0.0872. The van der Waals surface area contributed by atoms with Crippen LogP contribution in [0.25, 0.3) is 22.2 Å². The molecule has 4 N–H and O–H groups in total. The Kier molecular flexibility index (Phi) is 6.95. The van der Waals surface area contributed by atoms with Gasteiger partial charge in [0.2, 0.25) is 0 Å². The fraction of sp³-hybridized carbons (Fsp3) is 0.379. The number of benzene rings is 2. The Balaban J connectivity index is 1.20. The summed E-state index contributed by atoms with van der Waals surface area (Å²) < 4.78 is 0. The molecule has 1 aliphatic carbocycles. The van der Waals surface area contributed by atoms with Crippen molar-refractivity contribution < 1.29 is 9.90 Å². The van der Waals surface area contributed by atoms with Crippen molar-refractivity contribution in [2.45, 2.75) is 56.8 Å². The molecule has 1 saturated heterocycles. The number of carbonyl (C=O) groups is 1. The molecule has 1 amide bonds. The first-order valence-corrected chi connectivity index (χ1v) is 14.2. The van der Waals surface area contributed by atoms with E-state index in [-0.39, 0.29) is 18.2 Å². The van der Waals surface area contributed by atoms with E-state index < -0.39 is 0 Å². The predicted molar refractivity (Wildman–Crippen MR) is 149 cm³/mol. The van der Waals surface area contributed by atoms with Crippen LogP contribution in [0.3, 0.4) is 0 Å². The van der Waals surface area contributed by atoms with Gasteiger partial charge in [-0.3, -0.25) is 14.8 Å². The average molecular weight is 516 g/mol. The minimum absolute atomic E-state index is 0.0747. The second-order valence-corrected chi connectivity index (χ2v) is 11.0. The first kappa shape index (κ1) is 24.2. The molecule has 0 spiro atoms. The van der Waals surface area contributed by atoms with Crippen LogP contribution < -0.4 is 10.6 Å². The van der Waals surface area contributed by atoms with Crippen LogP contribution in [0.2, 0.25) is 0 Å². The molecule has 7 nitrogen and oxygen atoms in total. The Bertz CT molecular complexity index is 1340. The number of H-pyrrole nitrogens is 1. The number of likely N-dealkylation sites (tertiary alicyclic amines) is 1. The van der Waals surface area contributed by atoms with Gasteiger partial charge in [0.1, 0.15) is 6.17 Å². The van der Waals surface area contributed by atoms with Gasteiger partial charge >= 0.3 is 0 Å². The number of aromatic amines is 1. The van der Waals surface area contributed by atoms with Crippen molar-refractivity contribution in [2.75, 3.05) is 18.4 Å². The number of nitrogens with one attached hydrogen (secondary N) is 3. The zero-order chi connectivity index (χ0) is 25.2. The van der Waals surface area contributed by atoms with Gasteiger partial charge in [0.05, 0.1) is 17.3 Å². The van der Waals surface area contributed by atoms with Crippen LogP contribution in [-0.4, -0.2) is 51.3 Å². The van der Waals surface area contributed by atoms with Gasteiger partial charge < -0.3 is 15.7 Å². The standard InChI is InChI=1S/C29H33N5O2S/c35-24-10-8-23(9-11-24)30-22-6-3-19(4-7-22)27-25-17-20(5-12-26(25)32-33-27)29(36)31-28(21-13-16-37-18-21)34-14-1-2-15-34/h3-7,12-13,16-18,23-24,28,30,35H,1-2,8-11,14-15H2,(H,31,36)(H,32,33)/t23-,24-,28?. The molecular weight excluding hydrogens is 482 g/mol. The van der Waals surface area contributed by atoms with Gasteiger partial charge in [-0.1, -0.05) is 12.1 Å². The fourth-order valence-electron chi connectivity index (χ4n) is 5.58. The summed E-state index contributed by atoms with van der Waals surface area (Å²) in [4.78, 5) is 15.7. The highest BCUT2D eigenvalue weighted by Gasteiger charge is 2.26. The lowest BCUT2D eigenvalue weighted by atomic mass is 9.93. The summed E-state index contributed by atoms with van der Waals surface area (Å²) in [6.07, 6.45) is 5.77. The lowest BCUT2D eigenvalue weighted by Gasteiger charge is -2.28. The smallest absolute Gasteiger partial charge is 0.252 e. The summed E-state index contributed by atoms with van der Waals surface area (Å²) in [5, 5.41) is 29.4. The first-order valence-electron chi connectivity index (χ1n) is 13.2. The van der Waals surface area contributed by atoms with E-state index in [4.69, 9.17) is 0 Å². The second-order valence-electron chi connectivity index (χ2n) is 10.2. The van der Waals surface area contributed by atoms with E-state index in [0.29, 0.717) is 11.6 Å². The third-order valence-electron chi connectivity index (χ3n) is 7.68. The molecule has 192 valence electrons. The highest BCUT2D eigenvalue weighted by Crippen LogP contribution is 2.30. The molecule has 0 bridgehead atoms. The molecule has 2 aromatic carbocycles. The summed E-state index contributed by atoms with van der Waals surface area (Å²) in [5.41, 5.74) is 5.60. The van der Waals surface area contributed by atoms with Crippen LogP contribution in [0.4, 0.5) is 5.69 Å². The Morgan fingerprint density at radius 2 is 1.84 bits per heavy atom. The zero-order valence-electron chi connectivity index (χ0n) is 20.8. The number of fused-ring (bicyclic) bond motifs is 1. The first-order chi connectivity index (χ1) is 18.1. The van der Waals surface area contributed by atoms with Crippen molar-refractivity contribution in [1.82, 2.24) is 20.4 Å². The number of hydrogen-bond donors (Lipinski definition) is 4. The van der Waals surface area contributed by atoms with Gasteiger partial charge in [0.25, 0.3) is 5.91 Å². The minimum atomic E-state index is -0.151. The highest BCUT2D eigenvalue weighted by atomic mass is 32.1. The zero-order valence-corrected chi connectivity index (χ0v) is 21.6. The Morgan fingerprint density at radius 3 is 2.57 bits per heavy atom. The van der Waals surface area contributed by atoms with Crippen LogP contribution in [0, 0.1) is 0 Å². The Hall–Kier alpha value is -3.20. The molecule has 8 heteroatoms. The number of anilines is 1. The van der Waals surface area contributed by atoms with Crippen LogP contribution >= 0.6 is 11.3 Å². The van der Waals surface area contributed by atoms with Gasteiger partial charge in [-0.15, -0.1) is 0 Å². The van der Waals surface area contributed by atoms with Gasteiger partial charge in [0, 0.05) is 41.3 Å². The molecule has 0 radical (unpaired) electrons. The van der Waals surface area contributed by atoms with Crippen LogP contribution in [0.15, 0.2) is 59.3 Å². The molecule has 1 aliphatic heterocycles. The van der Waals surface area contributed by atoms with Gasteiger partial charge in [0.15, 0.2) is 0 Å². The maximum Gasteiger partial charge on any atom is 0.252 e. The van der Waals surface area contributed by atoms with E-state index in [1.807, 2.05) is 18.2 Å². The maximum absolute atomic E-state index is 13.4. The third-order valence-corrected chi connectivity index (χ3v) is 8.38. The van der Waals surface area contributed by atoms with E-state index >= 15 is 0 Å². The molecule has 1 unspecified atom stereocenters. The molecule has 2 fully saturated rings. The van der Waals surface area contributed by atoms with Crippen molar-refractivity contribution in [3.63, 3.8) is 0 Å². The largest absolute Gasteiger partial charge is 0.393 e. The number of aliphatic hydroxyl groups is 1. The fourth-order valence-corrected chi connectivity index (χ4v) is 6.26. The number of nitrogens with zero attached hydrogens (tertiary/aromatic N) is 2. The monoisotopic (exact) mass is 515 g/mol. The Morgan fingerprint density at radius 1 is 1.05 bits per heavy atom. The molecule has 1 atom stereocenters. The number of carbonyl (C=O) groups excluding carboxylic acids is 1. The molecule has 2 aliphatic rings. The van der Waals surface area contributed by atoms with Crippen molar-refractivity contribution in [2.24, 2.45) is 0 Å². The SMILES string of the molecule is O=C(NC(c1ccsc1)N1CCCC1)c1ccc2[nH]nc(-c3ccc(N[C@H]4CC[C@H](O)CC4)cc3)c2c1. The molecule has 3 heterocycles. The van der Waals surface area contributed by atoms with E-state index in [0.717, 1.165) is 72.2 Å². The summed E-state index contributed by atoms with van der Waals surface area (Å²) in [5.74, 6) is -0.0747. The summed E-state index contributed by atoms with van der Waals surface area (Å²) >= 11 is 1.66. The number of hydrogen-bond acceptors (Lipinski definition) is 6. The normalized spacial score (nSPS) is 21.2.